The lowest BCUT2D eigenvalue weighted by Crippen LogP contribution is -2.36. The van der Waals surface area contributed by atoms with Gasteiger partial charge in [-0.15, -0.1) is 0 Å². The van der Waals surface area contributed by atoms with Crippen LogP contribution in [0, 0.1) is 6.92 Å². The Balaban J connectivity index is 1.72. The van der Waals surface area contributed by atoms with Crippen LogP contribution < -0.4 is 10.0 Å². The topological polar surface area (TPSA) is 75.3 Å². The van der Waals surface area contributed by atoms with Gasteiger partial charge in [-0.1, -0.05) is 48.6 Å². The summed E-state index contributed by atoms with van der Waals surface area (Å²) in [5.74, 6) is -0.184. The van der Waals surface area contributed by atoms with E-state index in [-0.39, 0.29) is 27.6 Å². The molecule has 2 aromatic carbocycles. The van der Waals surface area contributed by atoms with Gasteiger partial charge in [0, 0.05) is 11.6 Å². The first-order valence-corrected chi connectivity index (χ1v) is 10.9. The summed E-state index contributed by atoms with van der Waals surface area (Å²) in [6, 6.07) is 11.3. The number of carbonyl (C=O) groups is 1. The van der Waals surface area contributed by atoms with E-state index < -0.39 is 10.0 Å². The molecule has 2 N–H and O–H groups in total. The summed E-state index contributed by atoms with van der Waals surface area (Å²) in [7, 11) is -3.74. The summed E-state index contributed by atoms with van der Waals surface area (Å²) in [5, 5.41) is 3.21. The second kappa shape index (κ2) is 8.31. The second-order valence-electron chi connectivity index (χ2n) is 6.92. The van der Waals surface area contributed by atoms with Crippen LogP contribution >= 0.6 is 11.6 Å². The average molecular weight is 407 g/mol. The molecule has 1 aliphatic carbocycles. The fourth-order valence-corrected chi connectivity index (χ4v) is 4.54. The van der Waals surface area contributed by atoms with Crippen molar-refractivity contribution in [2.24, 2.45) is 0 Å². The van der Waals surface area contributed by atoms with Crippen LogP contribution in [0.25, 0.3) is 0 Å². The van der Waals surface area contributed by atoms with Crippen molar-refractivity contribution in [3.05, 3.63) is 58.6 Å². The number of aryl methyl sites for hydroxylation is 1. The van der Waals surface area contributed by atoms with Crippen LogP contribution in [0.3, 0.4) is 0 Å². The zero-order valence-electron chi connectivity index (χ0n) is 15.2. The minimum atomic E-state index is -3.74. The first-order valence-electron chi connectivity index (χ1n) is 9.05. The highest BCUT2D eigenvalue weighted by molar-refractivity contribution is 7.92. The zero-order chi connectivity index (χ0) is 19.4. The number of sulfonamides is 1. The number of benzene rings is 2. The van der Waals surface area contributed by atoms with Crippen molar-refractivity contribution in [2.75, 3.05) is 4.72 Å². The number of anilines is 1. The third-order valence-electron chi connectivity index (χ3n) is 4.75. The molecule has 27 heavy (non-hydrogen) atoms. The minimum absolute atomic E-state index is 0.156. The molecule has 0 saturated heterocycles. The largest absolute Gasteiger partial charge is 0.349 e. The van der Waals surface area contributed by atoms with E-state index in [9.17, 15) is 13.2 Å². The van der Waals surface area contributed by atoms with Crippen molar-refractivity contribution in [3.8, 4) is 0 Å². The molecule has 144 valence electrons. The molecule has 2 aromatic rings. The molecule has 3 rings (SSSR count). The van der Waals surface area contributed by atoms with Crippen LogP contribution in [0.1, 0.15) is 48.0 Å². The number of halogens is 1. The maximum atomic E-state index is 12.5. The molecular formula is C20H23ClN2O3S. The quantitative estimate of drug-likeness (QED) is 0.766. The molecule has 0 aliphatic heterocycles. The van der Waals surface area contributed by atoms with Crippen LogP contribution in [0.4, 0.5) is 5.69 Å². The first kappa shape index (κ1) is 19.7. The second-order valence-corrected chi connectivity index (χ2v) is 9.01. The number of rotatable bonds is 5. The summed E-state index contributed by atoms with van der Waals surface area (Å²) in [6.07, 6.45) is 5.46. The van der Waals surface area contributed by atoms with E-state index in [2.05, 4.69) is 10.0 Å². The standard InChI is InChI=1S/C20H23ClN2O3S/c1-14-7-10-17(11-8-14)27(25,26)23-19-12-9-15(13-18(19)21)20(24)22-16-5-3-2-4-6-16/h7-13,16,23H,2-6H2,1H3,(H,22,24). The summed E-state index contributed by atoms with van der Waals surface area (Å²) in [4.78, 5) is 12.6. The van der Waals surface area contributed by atoms with Crippen molar-refractivity contribution < 1.29 is 13.2 Å². The van der Waals surface area contributed by atoms with Crippen LogP contribution in [0.2, 0.25) is 5.02 Å². The lowest BCUT2D eigenvalue weighted by atomic mass is 9.95. The molecular weight excluding hydrogens is 384 g/mol. The van der Waals surface area contributed by atoms with Gasteiger partial charge in [0.25, 0.3) is 15.9 Å². The molecule has 0 bridgehead atoms. The van der Waals surface area contributed by atoms with Gasteiger partial charge in [-0.25, -0.2) is 8.42 Å². The van der Waals surface area contributed by atoms with Crippen LogP contribution in [-0.2, 0) is 10.0 Å². The summed E-state index contributed by atoms with van der Waals surface area (Å²) in [5.41, 5.74) is 1.63. The Morgan fingerprint density at radius 2 is 1.70 bits per heavy atom. The maximum absolute atomic E-state index is 12.5. The van der Waals surface area contributed by atoms with Crippen molar-refractivity contribution in [1.82, 2.24) is 5.32 Å². The Labute approximate surface area is 165 Å². The Kier molecular flexibility index (Phi) is 6.07. The van der Waals surface area contributed by atoms with Crippen molar-refractivity contribution in [2.45, 2.75) is 50.0 Å². The smallest absolute Gasteiger partial charge is 0.261 e. The van der Waals surface area contributed by atoms with Gasteiger partial charge in [-0.3, -0.25) is 9.52 Å². The van der Waals surface area contributed by atoms with E-state index in [0.29, 0.717) is 5.56 Å². The molecule has 0 spiro atoms. The predicted molar refractivity (Wildman–Crippen MR) is 108 cm³/mol. The maximum Gasteiger partial charge on any atom is 0.261 e. The zero-order valence-corrected chi connectivity index (χ0v) is 16.7. The number of hydrogen-bond acceptors (Lipinski definition) is 3. The molecule has 0 heterocycles. The average Bonchev–Trinajstić information content (AvgIpc) is 2.64. The van der Waals surface area contributed by atoms with Gasteiger partial charge in [0.1, 0.15) is 0 Å². The van der Waals surface area contributed by atoms with Gasteiger partial charge in [-0.2, -0.15) is 0 Å². The van der Waals surface area contributed by atoms with Gasteiger partial charge in [-0.05, 0) is 50.1 Å². The fraction of sp³-hybridized carbons (Fsp3) is 0.350. The molecule has 1 fully saturated rings. The van der Waals surface area contributed by atoms with E-state index in [1.54, 1.807) is 18.2 Å². The summed E-state index contributed by atoms with van der Waals surface area (Å²) >= 11 is 6.23. The van der Waals surface area contributed by atoms with Crippen LogP contribution in [0.15, 0.2) is 47.4 Å². The molecule has 1 amide bonds. The number of carbonyl (C=O) groups excluding carboxylic acids is 1. The number of hydrogen-bond donors (Lipinski definition) is 2. The predicted octanol–water partition coefficient (Wildman–Crippen LogP) is 4.51. The molecule has 0 unspecified atom stereocenters. The lowest BCUT2D eigenvalue weighted by Gasteiger charge is -2.22. The number of amides is 1. The molecule has 7 heteroatoms. The van der Waals surface area contributed by atoms with Gasteiger partial charge >= 0.3 is 0 Å². The molecule has 1 saturated carbocycles. The van der Waals surface area contributed by atoms with E-state index in [1.807, 2.05) is 6.92 Å². The monoisotopic (exact) mass is 406 g/mol. The van der Waals surface area contributed by atoms with Gasteiger partial charge in [0.2, 0.25) is 0 Å². The SMILES string of the molecule is Cc1ccc(S(=O)(=O)Nc2ccc(C(=O)NC3CCCCC3)cc2Cl)cc1. The van der Waals surface area contributed by atoms with E-state index in [1.165, 1.54) is 30.7 Å². The Morgan fingerprint density at radius 1 is 1.04 bits per heavy atom. The molecule has 0 aromatic heterocycles. The highest BCUT2D eigenvalue weighted by atomic mass is 35.5. The summed E-state index contributed by atoms with van der Waals surface area (Å²) < 4.78 is 27.5. The van der Waals surface area contributed by atoms with E-state index in [0.717, 1.165) is 31.2 Å². The molecule has 0 atom stereocenters. The fourth-order valence-electron chi connectivity index (χ4n) is 3.18. The lowest BCUT2D eigenvalue weighted by molar-refractivity contribution is 0.0927. The van der Waals surface area contributed by atoms with Crippen molar-refractivity contribution >= 4 is 33.2 Å². The minimum Gasteiger partial charge on any atom is -0.349 e. The van der Waals surface area contributed by atoms with Gasteiger partial charge < -0.3 is 5.32 Å². The summed E-state index contributed by atoms with van der Waals surface area (Å²) in [6.45, 7) is 1.89. The third kappa shape index (κ3) is 5.02. The highest BCUT2D eigenvalue weighted by Gasteiger charge is 2.19. The van der Waals surface area contributed by atoms with Crippen LogP contribution in [-0.4, -0.2) is 20.4 Å². The van der Waals surface area contributed by atoms with Crippen molar-refractivity contribution in [3.63, 3.8) is 0 Å². The number of nitrogens with one attached hydrogen (secondary N) is 2. The third-order valence-corrected chi connectivity index (χ3v) is 6.44. The molecule has 0 radical (unpaired) electrons. The van der Waals surface area contributed by atoms with Gasteiger partial charge in [0.15, 0.2) is 0 Å². The van der Waals surface area contributed by atoms with E-state index >= 15 is 0 Å². The van der Waals surface area contributed by atoms with Crippen molar-refractivity contribution in [1.29, 1.82) is 0 Å². The molecule has 5 nitrogen and oxygen atoms in total. The van der Waals surface area contributed by atoms with E-state index in [4.69, 9.17) is 11.6 Å². The highest BCUT2D eigenvalue weighted by Crippen LogP contribution is 2.26. The van der Waals surface area contributed by atoms with Crippen LogP contribution in [0.5, 0.6) is 0 Å². The normalized spacial score (nSPS) is 15.3. The Hall–Kier alpha value is -2.05. The molecule has 1 aliphatic rings. The first-order chi connectivity index (χ1) is 12.8. The Morgan fingerprint density at radius 3 is 2.33 bits per heavy atom. The Bertz CT molecular complexity index is 921. The van der Waals surface area contributed by atoms with Gasteiger partial charge in [0.05, 0.1) is 15.6 Å².